The molecule has 1 N–H and O–H groups in total. The van der Waals surface area contributed by atoms with Gasteiger partial charge < -0.3 is 14.6 Å². The molecule has 6 rings (SSSR count). The lowest BCUT2D eigenvalue weighted by Gasteiger charge is -2.23. The third-order valence-corrected chi connectivity index (χ3v) is 7.90. The molecule has 192 valence electrons. The van der Waals surface area contributed by atoms with Crippen LogP contribution in [-0.2, 0) is 0 Å². The smallest absolute Gasteiger partial charge is 0.229 e. The van der Waals surface area contributed by atoms with Crippen molar-refractivity contribution in [1.82, 2.24) is 14.5 Å². The Hall–Kier alpha value is -3.12. The van der Waals surface area contributed by atoms with Crippen LogP contribution in [0.4, 0.5) is 16.0 Å². The first kappa shape index (κ1) is 24.2. The molecule has 2 aliphatic carbocycles. The third-order valence-electron chi connectivity index (χ3n) is 7.68. The highest BCUT2D eigenvalue weighted by molar-refractivity contribution is 6.30. The minimum absolute atomic E-state index is 0.326. The monoisotopic (exact) mass is 518 g/mol. The van der Waals surface area contributed by atoms with Crippen LogP contribution in [-0.4, -0.2) is 20.6 Å². The average molecular weight is 519 g/mol. The molecular formula is C30H32ClFN4O. The van der Waals surface area contributed by atoms with Crippen LogP contribution in [0.3, 0.4) is 0 Å². The summed E-state index contributed by atoms with van der Waals surface area (Å²) in [5.41, 5.74) is 3.65. The zero-order chi connectivity index (χ0) is 25.2. The summed E-state index contributed by atoms with van der Waals surface area (Å²) in [6, 6.07) is 13.2. The highest BCUT2D eigenvalue weighted by atomic mass is 35.5. The third kappa shape index (κ3) is 5.45. The van der Waals surface area contributed by atoms with Gasteiger partial charge in [-0.2, -0.15) is 4.98 Å². The largest absolute Gasteiger partial charge is 0.490 e. The summed E-state index contributed by atoms with van der Waals surface area (Å²) in [7, 11) is 0. The van der Waals surface area contributed by atoms with Gasteiger partial charge in [-0.3, -0.25) is 0 Å². The van der Waals surface area contributed by atoms with Gasteiger partial charge >= 0.3 is 0 Å². The molecule has 2 aromatic carbocycles. The molecule has 0 unspecified atom stereocenters. The van der Waals surface area contributed by atoms with Gasteiger partial charge in [-0.15, -0.1) is 0 Å². The van der Waals surface area contributed by atoms with Crippen LogP contribution in [0.1, 0.15) is 70.3 Å². The van der Waals surface area contributed by atoms with Crippen LogP contribution < -0.4 is 10.1 Å². The van der Waals surface area contributed by atoms with E-state index in [0.717, 1.165) is 53.6 Å². The number of ether oxygens (including phenoxy) is 1. The second-order valence-electron chi connectivity index (χ2n) is 10.4. The van der Waals surface area contributed by atoms with E-state index < -0.39 is 5.82 Å². The Bertz CT molecular complexity index is 1350. The number of hydrogen-bond donors (Lipinski definition) is 1. The van der Waals surface area contributed by atoms with Crippen molar-refractivity contribution in [3.8, 4) is 16.9 Å². The Morgan fingerprint density at radius 2 is 1.65 bits per heavy atom. The standard InChI is InChI=1S/C30H32ClFN4O/c31-21-15-22(32)17-23(16-21)34-30-33-18-27-28(19-36(29(27)35-30)24-7-3-1-4-8-24)20-11-13-26(14-12-20)37-25-9-5-2-6-10-25/h11-19,24-25H,1-10H2,(H,33,34,35). The van der Waals surface area contributed by atoms with Crippen molar-refractivity contribution < 1.29 is 9.13 Å². The Labute approximate surface area is 222 Å². The fraction of sp³-hybridized carbons (Fsp3) is 0.400. The minimum atomic E-state index is -0.403. The summed E-state index contributed by atoms with van der Waals surface area (Å²) in [4.78, 5) is 9.47. The summed E-state index contributed by atoms with van der Waals surface area (Å²) in [6.07, 6.45) is 16.6. The number of nitrogens with zero attached hydrogens (tertiary/aromatic N) is 3. The van der Waals surface area contributed by atoms with E-state index in [4.69, 9.17) is 21.3 Å². The van der Waals surface area contributed by atoms with E-state index in [1.165, 1.54) is 50.7 Å². The summed E-state index contributed by atoms with van der Waals surface area (Å²) < 4.78 is 22.4. The Kier molecular flexibility index (Phi) is 7.01. The molecule has 7 heteroatoms. The molecule has 2 saturated carbocycles. The molecule has 2 aromatic heterocycles. The number of nitrogens with one attached hydrogen (secondary N) is 1. The van der Waals surface area contributed by atoms with Crippen molar-refractivity contribution in [2.45, 2.75) is 76.4 Å². The first-order valence-corrected chi connectivity index (χ1v) is 13.9. The lowest BCUT2D eigenvalue weighted by molar-refractivity contribution is 0.155. The number of hydrogen-bond acceptors (Lipinski definition) is 4. The number of anilines is 2. The van der Waals surface area contributed by atoms with Crippen LogP contribution >= 0.6 is 11.6 Å². The number of benzene rings is 2. The van der Waals surface area contributed by atoms with Crippen LogP contribution in [0.25, 0.3) is 22.2 Å². The van der Waals surface area contributed by atoms with Gasteiger partial charge in [0.1, 0.15) is 17.2 Å². The normalized spacial score (nSPS) is 17.2. The van der Waals surface area contributed by atoms with E-state index in [1.54, 1.807) is 6.07 Å². The van der Waals surface area contributed by atoms with Crippen LogP contribution in [0.5, 0.6) is 5.75 Å². The van der Waals surface area contributed by atoms with Crippen LogP contribution in [0, 0.1) is 5.82 Å². The predicted molar refractivity (Wildman–Crippen MR) is 147 cm³/mol. The van der Waals surface area contributed by atoms with Crippen molar-refractivity contribution in [3.63, 3.8) is 0 Å². The average Bonchev–Trinajstić information content (AvgIpc) is 3.28. The van der Waals surface area contributed by atoms with Crippen LogP contribution in [0.15, 0.2) is 54.9 Å². The van der Waals surface area contributed by atoms with Crippen molar-refractivity contribution in [2.75, 3.05) is 5.32 Å². The van der Waals surface area contributed by atoms with E-state index in [-0.39, 0.29) is 0 Å². The van der Waals surface area contributed by atoms with Crippen molar-refractivity contribution in [1.29, 1.82) is 0 Å². The fourth-order valence-electron chi connectivity index (χ4n) is 5.80. The minimum Gasteiger partial charge on any atom is -0.490 e. The van der Waals surface area contributed by atoms with Gasteiger partial charge in [-0.05, 0) is 74.4 Å². The molecule has 0 amide bonds. The maximum Gasteiger partial charge on any atom is 0.229 e. The molecule has 2 fully saturated rings. The van der Waals surface area contributed by atoms with Gasteiger partial charge in [0.15, 0.2) is 0 Å². The molecule has 0 saturated heterocycles. The van der Waals surface area contributed by atoms with E-state index in [0.29, 0.717) is 28.8 Å². The molecule has 0 radical (unpaired) electrons. The molecule has 5 nitrogen and oxygen atoms in total. The first-order valence-electron chi connectivity index (χ1n) is 13.5. The Balaban J connectivity index is 1.33. The van der Waals surface area contributed by atoms with Crippen molar-refractivity contribution in [2.24, 2.45) is 0 Å². The van der Waals surface area contributed by atoms with Gasteiger partial charge in [0.2, 0.25) is 5.95 Å². The van der Waals surface area contributed by atoms with E-state index in [9.17, 15) is 4.39 Å². The summed E-state index contributed by atoms with van der Waals surface area (Å²) in [6.45, 7) is 0. The summed E-state index contributed by atoms with van der Waals surface area (Å²) >= 11 is 6.04. The number of fused-ring (bicyclic) bond motifs is 1. The number of aromatic nitrogens is 3. The van der Waals surface area contributed by atoms with Crippen molar-refractivity contribution >= 4 is 34.3 Å². The molecule has 2 aliphatic rings. The van der Waals surface area contributed by atoms with E-state index >= 15 is 0 Å². The zero-order valence-electron chi connectivity index (χ0n) is 20.9. The SMILES string of the molecule is Fc1cc(Cl)cc(Nc2ncc3c(-c4ccc(OC5CCCCC5)cc4)cn(C4CCCCC4)c3n2)c1. The molecule has 0 aliphatic heterocycles. The second kappa shape index (κ2) is 10.7. The lowest BCUT2D eigenvalue weighted by Crippen LogP contribution is -2.19. The maximum atomic E-state index is 13.9. The van der Waals surface area contributed by atoms with Crippen molar-refractivity contribution in [3.05, 3.63) is 65.7 Å². The van der Waals surface area contributed by atoms with Gasteiger partial charge in [-0.1, -0.05) is 49.4 Å². The number of rotatable bonds is 6. The maximum absolute atomic E-state index is 13.9. The molecular weight excluding hydrogens is 487 g/mol. The van der Waals surface area contributed by atoms with Gasteiger partial charge in [-0.25, -0.2) is 9.37 Å². The van der Waals surface area contributed by atoms with E-state index in [1.807, 2.05) is 6.20 Å². The van der Waals surface area contributed by atoms with Gasteiger partial charge in [0, 0.05) is 40.1 Å². The van der Waals surface area contributed by atoms with Gasteiger partial charge in [0.05, 0.1) is 6.10 Å². The molecule has 0 spiro atoms. The Morgan fingerprint density at radius 3 is 2.38 bits per heavy atom. The summed E-state index contributed by atoms with van der Waals surface area (Å²) in [5.74, 6) is 0.954. The van der Waals surface area contributed by atoms with E-state index in [2.05, 4.69) is 45.3 Å². The Morgan fingerprint density at radius 1 is 0.919 bits per heavy atom. The molecule has 37 heavy (non-hydrogen) atoms. The zero-order valence-corrected chi connectivity index (χ0v) is 21.7. The topological polar surface area (TPSA) is 52.0 Å². The van der Waals surface area contributed by atoms with Crippen LogP contribution in [0.2, 0.25) is 5.02 Å². The first-order chi connectivity index (χ1) is 18.1. The molecule has 4 aromatic rings. The lowest BCUT2D eigenvalue weighted by atomic mass is 9.95. The highest BCUT2D eigenvalue weighted by Gasteiger charge is 2.22. The molecule has 0 atom stereocenters. The fourth-order valence-corrected chi connectivity index (χ4v) is 6.02. The van der Waals surface area contributed by atoms with Gasteiger partial charge in [0.25, 0.3) is 0 Å². The number of halogens is 2. The molecule has 2 heterocycles. The predicted octanol–water partition coefficient (Wildman–Crippen LogP) is 8.85. The summed E-state index contributed by atoms with van der Waals surface area (Å²) in [5, 5.41) is 4.46. The highest BCUT2D eigenvalue weighted by Crippen LogP contribution is 2.37. The second-order valence-corrected chi connectivity index (χ2v) is 10.8. The quantitative estimate of drug-likeness (QED) is 0.277. The molecule has 0 bridgehead atoms.